The first-order valence-electron chi connectivity index (χ1n) is 10.5. The Morgan fingerprint density at radius 3 is 2.48 bits per heavy atom. The topological polar surface area (TPSA) is 70.6 Å². The first-order chi connectivity index (χ1) is 16.1. The van der Waals surface area contributed by atoms with E-state index >= 15 is 0 Å². The summed E-state index contributed by atoms with van der Waals surface area (Å²) >= 11 is 2.87. The van der Waals surface area contributed by atoms with E-state index < -0.39 is 0 Å². The van der Waals surface area contributed by atoms with Gasteiger partial charge in [-0.2, -0.15) is 0 Å². The molecular formula is C25H17N3O3S2. The number of aromatic nitrogens is 1. The lowest BCUT2D eigenvalue weighted by Crippen LogP contribution is -2.30. The monoisotopic (exact) mass is 471 g/mol. The van der Waals surface area contributed by atoms with Crippen molar-refractivity contribution in [1.82, 2.24) is 4.98 Å². The molecule has 2 aliphatic heterocycles. The molecule has 0 unspecified atom stereocenters. The number of carbonyl (C=O) groups is 3. The Morgan fingerprint density at radius 2 is 1.70 bits per heavy atom. The molecule has 0 fully saturated rings. The third-order valence-electron chi connectivity index (χ3n) is 5.91. The van der Waals surface area contributed by atoms with Crippen molar-refractivity contribution in [2.45, 2.75) is 10.8 Å². The number of para-hydroxylation sites is 1. The van der Waals surface area contributed by atoms with Crippen molar-refractivity contribution < 1.29 is 14.4 Å². The highest BCUT2D eigenvalue weighted by Gasteiger charge is 2.36. The Morgan fingerprint density at radius 1 is 0.970 bits per heavy atom. The van der Waals surface area contributed by atoms with E-state index in [2.05, 4.69) is 11.1 Å². The molecule has 0 atom stereocenters. The predicted octanol–water partition coefficient (Wildman–Crippen LogP) is 4.78. The number of nitrogens with zero attached hydrogens (tertiary/aromatic N) is 3. The number of benzene rings is 3. The molecule has 3 aromatic carbocycles. The molecule has 0 saturated carbocycles. The van der Waals surface area contributed by atoms with Gasteiger partial charge in [-0.15, -0.1) is 11.3 Å². The second-order valence-corrected chi connectivity index (χ2v) is 10.1. The van der Waals surface area contributed by atoms with Crippen LogP contribution in [0.3, 0.4) is 0 Å². The Balaban J connectivity index is 1.20. The molecule has 0 bridgehead atoms. The Hall–Kier alpha value is -3.49. The molecule has 2 aliphatic rings. The molecule has 0 spiro atoms. The maximum absolute atomic E-state index is 12.8. The first-order valence-corrected chi connectivity index (χ1v) is 12.3. The fourth-order valence-corrected chi connectivity index (χ4v) is 6.29. The Labute approximate surface area is 197 Å². The maximum atomic E-state index is 12.8. The van der Waals surface area contributed by atoms with E-state index in [1.165, 1.54) is 33.6 Å². The van der Waals surface area contributed by atoms with Gasteiger partial charge in [0.1, 0.15) is 0 Å². The molecule has 3 amide bonds. The van der Waals surface area contributed by atoms with Crippen molar-refractivity contribution >= 4 is 62.4 Å². The van der Waals surface area contributed by atoms with E-state index in [0.717, 1.165) is 26.7 Å². The van der Waals surface area contributed by atoms with Gasteiger partial charge < -0.3 is 4.90 Å². The van der Waals surface area contributed by atoms with Crippen LogP contribution in [0.4, 0.5) is 11.4 Å². The molecule has 162 valence electrons. The summed E-state index contributed by atoms with van der Waals surface area (Å²) in [6.07, 6.45) is 0.883. The molecule has 0 radical (unpaired) electrons. The molecule has 3 heterocycles. The molecule has 8 heteroatoms. The van der Waals surface area contributed by atoms with Gasteiger partial charge in [-0.1, -0.05) is 42.1 Å². The summed E-state index contributed by atoms with van der Waals surface area (Å²) in [4.78, 5) is 46.1. The van der Waals surface area contributed by atoms with Gasteiger partial charge >= 0.3 is 0 Å². The molecule has 0 aliphatic carbocycles. The second kappa shape index (κ2) is 7.83. The molecule has 0 N–H and O–H groups in total. The Bertz CT molecular complexity index is 1430. The smallest absolute Gasteiger partial charge is 0.266 e. The molecule has 4 aromatic rings. The zero-order valence-corrected chi connectivity index (χ0v) is 19.0. The number of fused-ring (bicyclic) bond motifs is 3. The normalized spacial score (nSPS) is 14.8. The van der Waals surface area contributed by atoms with Crippen molar-refractivity contribution in [3.05, 3.63) is 83.4 Å². The van der Waals surface area contributed by atoms with E-state index in [9.17, 15) is 14.4 Å². The standard InChI is InChI=1S/C25H17N3O3S2/c29-22(27-12-11-15-5-1-4-8-20(15)27)14-32-25-26-19-10-9-16(13-21(19)33-25)28-23(30)17-6-2-3-7-18(17)24(28)31/h1-10,13H,11-12,14H2. The number of carbonyl (C=O) groups excluding carboxylic acids is 3. The second-order valence-electron chi connectivity index (χ2n) is 7.84. The number of amides is 3. The quantitative estimate of drug-likeness (QED) is 0.317. The van der Waals surface area contributed by atoms with Crippen LogP contribution in [0.5, 0.6) is 0 Å². The molecule has 1 aromatic heterocycles. The van der Waals surface area contributed by atoms with Gasteiger partial charge in [-0.3, -0.25) is 14.4 Å². The number of rotatable bonds is 4. The molecule has 6 nitrogen and oxygen atoms in total. The predicted molar refractivity (Wildman–Crippen MR) is 130 cm³/mol. The molecule has 6 rings (SSSR count). The minimum atomic E-state index is -0.314. The number of imide groups is 1. The fourth-order valence-electron chi connectivity index (χ4n) is 4.32. The van der Waals surface area contributed by atoms with E-state index in [0.29, 0.717) is 29.1 Å². The lowest BCUT2D eigenvalue weighted by Gasteiger charge is -2.16. The zero-order valence-electron chi connectivity index (χ0n) is 17.4. The number of hydrogen-bond donors (Lipinski definition) is 0. The summed E-state index contributed by atoms with van der Waals surface area (Å²) < 4.78 is 1.65. The summed E-state index contributed by atoms with van der Waals surface area (Å²) in [7, 11) is 0. The number of thioether (sulfide) groups is 1. The molecule has 33 heavy (non-hydrogen) atoms. The fraction of sp³-hybridized carbons (Fsp3) is 0.120. The van der Waals surface area contributed by atoms with Crippen molar-refractivity contribution in [3.8, 4) is 0 Å². The van der Waals surface area contributed by atoms with Crippen LogP contribution in [0.15, 0.2) is 71.1 Å². The number of anilines is 2. The van der Waals surface area contributed by atoms with Gasteiger partial charge in [-0.05, 0) is 48.4 Å². The van der Waals surface area contributed by atoms with Crippen LogP contribution < -0.4 is 9.80 Å². The van der Waals surface area contributed by atoms with E-state index in [-0.39, 0.29) is 17.7 Å². The largest absolute Gasteiger partial charge is 0.311 e. The highest BCUT2D eigenvalue weighted by Crippen LogP contribution is 2.35. The van der Waals surface area contributed by atoms with Crippen molar-refractivity contribution in [3.63, 3.8) is 0 Å². The lowest BCUT2D eigenvalue weighted by atomic mass is 10.1. The Kier molecular flexibility index (Phi) is 4.78. The van der Waals surface area contributed by atoms with Crippen LogP contribution in [-0.4, -0.2) is 35.0 Å². The van der Waals surface area contributed by atoms with Crippen LogP contribution >= 0.6 is 23.1 Å². The molecule has 0 saturated heterocycles. The summed E-state index contributed by atoms with van der Waals surface area (Å²) in [5.74, 6) is -0.258. The molecular weight excluding hydrogens is 454 g/mol. The minimum absolute atomic E-state index is 0.0657. The van der Waals surface area contributed by atoms with Gasteiger partial charge in [0.15, 0.2) is 4.34 Å². The van der Waals surface area contributed by atoms with Crippen LogP contribution in [0.1, 0.15) is 26.3 Å². The van der Waals surface area contributed by atoms with Crippen LogP contribution in [-0.2, 0) is 11.2 Å². The first kappa shape index (κ1) is 20.1. The van der Waals surface area contributed by atoms with Gasteiger partial charge in [0, 0.05) is 12.2 Å². The van der Waals surface area contributed by atoms with Gasteiger partial charge in [0.25, 0.3) is 11.8 Å². The lowest BCUT2D eigenvalue weighted by molar-refractivity contribution is -0.116. The zero-order chi connectivity index (χ0) is 22.5. The van der Waals surface area contributed by atoms with Gasteiger partial charge in [0.05, 0.1) is 32.8 Å². The number of hydrogen-bond acceptors (Lipinski definition) is 6. The SMILES string of the molecule is O=C(CSc1nc2ccc(N3C(=O)c4ccccc4C3=O)cc2s1)N1CCc2ccccc21. The van der Waals surface area contributed by atoms with Crippen LogP contribution in [0, 0.1) is 0 Å². The maximum Gasteiger partial charge on any atom is 0.266 e. The third kappa shape index (κ3) is 3.34. The van der Waals surface area contributed by atoms with Crippen LogP contribution in [0.2, 0.25) is 0 Å². The summed E-state index contributed by atoms with van der Waals surface area (Å²) in [6, 6.07) is 20.2. The highest BCUT2D eigenvalue weighted by atomic mass is 32.2. The van der Waals surface area contributed by atoms with Crippen molar-refractivity contribution in [2.75, 3.05) is 22.1 Å². The van der Waals surface area contributed by atoms with E-state index in [1.807, 2.05) is 35.2 Å². The summed E-state index contributed by atoms with van der Waals surface area (Å²) in [5, 5.41) is 0. The average Bonchev–Trinajstić information content (AvgIpc) is 3.52. The van der Waals surface area contributed by atoms with Gasteiger partial charge in [0.2, 0.25) is 5.91 Å². The van der Waals surface area contributed by atoms with Crippen molar-refractivity contribution in [2.24, 2.45) is 0 Å². The third-order valence-corrected chi connectivity index (χ3v) is 8.06. The van der Waals surface area contributed by atoms with Crippen LogP contribution in [0.25, 0.3) is 10.2 Å². The van der Waals surface area contributed by atoms with E-state index in [1.54, 1.807) is 30.3 Å². The van der Waals surface area contributed by atoms with Gasteiger partial charge in [-0.25, -0.2) is 9.88 Å². The number of thiazole rings is 1. The van der Waals surface area contributed by atoms with Crippen molar-refractivity contribution in [1.29, 1.82) is 0 Å². The van der Waals surface area contributed by atoms with E-state index in [4.69, 9.17) is 0 Å². The minimum Gasteiger partial charge on any atom is -0.311 e. The average molecular weight is 472 g/mol. The highest BCUT2D eigenvalue weighted by molar-refractivity contribution is 8.01. The summed E-state index contributed by atoms with van der Waals surface area (Å²) in [6.45, 7) is 0.711. The summed E-state index contributed by atoms with van der Waals surface area (Å²) in [5.41, 5.74) is 4.35.